The molecule has 28 heavy (non-hydrogen) atoms. The highest BCUT2D eigenvalue weighted by Crippen LogP contribution is 2.26. The molecule has 0 aliphatic carbocycles. The van der Waals surface area contributed by atoms with Gasteiger partial charge >= 0.3 is 0 Å². The maximum atomic E-state index is 13.3. The number of hydrogen-bond acceptors (Lipinski definition) is 2. The molecule has 0 fully saturated rings. The zero-order valence-corrected chi connectivity index (χ0v) is 16.8. The minimum absolute atomic E-state index is 0.0275. The Kier molecular flexibility index (Phi) is 6.45. The molecule has 1 aromatic heterocycles. The molecule has 148 valence electrons. The fourth-order valence-corrected chi connectivity index (χ4v) is 3.44. The molecular formula is C23H28FN3O. The molecule has 1 heterocycles. The molecule has 0 saturated heterocycles. The lowest BCUT2D eigenvalue weighted by atomic mass is 10.1. The van der Waals surface area contributed by atoms with Crippen LogP contribution in [0.15, 0.2) is 48.5 Å². The molecule has 1 N–H and O–H groups in total. The van der Waals surface area contributed by atoms with E-state index >= 15 is 0 Å². The minimum atomic E-state index is -0.318. The van der Waals surface area contributed by atoms with Crippen LogP contribution in [0, 0.1) is 5.82 Å². The number of carbonyl (C=O) groups excluding carboxylic acids is 1. The van der Waals surface area contributed by atoms with Gasteiger partial charge in [-0.05, 0) is 49.6 Å². The van der Waals surface area contributed by atoms with Gasteiger partial charge in [0.25, 0.3) is 0 Å². The molecule has 0 aliphatic heterocycles. The van der Waals surface area contributed by atoms with Gasteiger partial charge in [-0.2, -0.15) is 0 Å². The van der Waals surface area contributed by atoms with E-state index in [1.54, 1.807) is 12.1 Å². The van der Waals surface area contributed by atoms with Gasteiger partial charge in [0.1, 0.15) is 17.7 Å². The average Bonchev–Trinajstić information content (AvgIpc) is 3.05. The quantitative estimate of drug-likeness (QED) is 0.595. The van der Waals surface area contributed by atoms with Crippen LogP contribution in [0.1, 0.15) is 57.5 Å². The first-order valence-corrected chi connectivity index (χ1v) is 10.0. The van der Waals surface area contributed by atoms with Gasteiger partial charge in [-0.15, -0.1) is 0 Å². The molecule has 3 rings (SSSR count). The van der Waals surface area contributed by atoms with Gasteiger partial charge in [0.05, 0.1) is 11.0 Å². The van der Waals surface area contributed by atoms with Crippen LogP contribution in [0.25, 0.3) is 11.0 Å². The Morgan fingerprint density at radius 3 is 2.54 bits per heavy atom. The number of benzene rings is 2. The lowest BCUT2D eigenvalue weighted by molar-refractivity contribution is -0.125. The SMILES string of the molecule is CCC[C@@H](C(=O)N[C@@H](C)CC)n1c(Cc2ccc(F)cc2)nc2ccccc21. The number of amides is 1. The summed E-state index contributed by atoms with van der Waals surface area (Å²) in [5.74, 6) is 0.597. The summed E-state index contributed by atoms with van der Waals surface area (Å²) in [7, 11) is 0. The molecule has 0 unspecified atom stereocenters. The molecule has 0 radical (unpaired) electrons. The summed E-state index contributed by atoms with van der Waals surface area (Å²) < 4.78 is 15.4. The first-order valence-electron chi connectivity index (χ1n) is 10.0. The van der Waals surface area contributed by atoms with E-state index in [4.69, 9.17) is 4.98 Å². The Labute approximate surface area is 165 Å². The van der Waals surface area contributed by atoms with Crippen molar-refractivity contribution in [3.63, 3.8) is 0 Å². The first-order chi connectivity index (χ1) is 13.5. The van der Waals surface area contributed by atoms with Gasteiger partial charge in [0.2, 0.25) is 5.91 Å². The summed E-state index contributed by atoms with van der Waals surface area (Å²) in [4.78, 5) is 17.9. The van der Waals surface area contributed by atoms with Crippen LogP contribution in [-0.4, -0.2) is 21.5 Å². The number of aromatic nitrogens is 2. The monoisotopic (exact) mass is 381 g/mol. The second-order valence-corrected chi connectivity index (χ2v) is 7.31. The maximum absolute atomic E-state index is 13.3. The van der Waals surface area contributed by atoms with Gasteiger partial charge < -0.3 is 9.88 Å². The van der Waals surface area contributed by atoms with Crippen LogP contribution in [-0.2, 0) is 11.2 Å². The Balaban J connectivity index is 2.05. The van der Waals surface area contributed by atoms with E-state index in [0.29, 0.717) is 6.42 Å². The highest BCUT2D eigenvalue weighted by molar-refractivity contribution is 5.84. The second-order valence-electron chi connectivity index (χ2n) is 7.31. The molecule has 5 heteroatoms. The molecule has 2 atom stereocenters. The zero-order valence-electron chi connectivity index (χ0n) is 16.8. The summed E-state index contributed by atoms with van der Waals surface area (Å²) in [6.45, 7) is 6.17. The Bertz CT molecular complexity index is 933. The van der Waals surface area contributed by atoms with Gasteiger partial charge in [0.15, 0.2) is 0 Å². The van der Waals surface area contributed by atoms with Crippen molar-refractivity contribution in [2.24, 2.45) is 0 Å². The van der Waals surface area contributed by atoms with Crippen LogP contribution in [0.3, 0.4) is 0 Å². The molecule has 4 nitrogen and oxygen atoms in total. The van der Waals surface area contributed by atoms with Crippen molar-refractivity contribution in [3.05, 3.63) is 65.7 Å². The van der Waals surface area contributed by atoms with E-state index in [9.17, 15) is 9.18 Å². The highest BCUT2D eigenvalue weighted by atomic mass is 19.1. The van der Waals surface area contributed by atoms with Gasteiger partial charge in [-0.25, -0.2) is 9.37 Å². The maximum Gasteiger partial charge on any atom is 0.243 e. The first kappa shape index (κ1) is 20.1. The number of para-hydroxylation sites is 2. The fourth-order valence-electron chi connectivity index (χ4n) is 3.44. The smallest absolute Gasteiger partial charge is 0.243 e. The van der Waals surface area contributed by atoms with E-state index in [1.807, 2.05) is 31.2 Å². The van der Waals surface area contributed by atoms with Crippen LogP contribution in [0.2, 0.25) is 0 Å². The predicted octanol–water partition coefficient (Wildman–Crippen LogP) is 5.02. The van der Waals surface area contributed by atoms with Crippen LogP contribution >= 0.6 is 0 Å². The van der Waals surface area contributed by atoms with Crippen molar-refractivity contribution < 1.29 is 9.18 Å². The highest BCUT2D eigenvalue weighted by Gasteiger charge is 2.25. The lowest BCUT2D eigenvalue weighted by Crippen LogP contribution is -2.38. The number of imidazole rings is 1. The number of halogens is 1. The third-order valence-electron chi connectivity index (χ3n) is 5.12. The molecule has 3 aromatic rings. The molecule has 0 aliphatic rings. The molecule has 2 aromatic carbocycles. The van der Waals surface area contributed by atoms with E-state index in [-0.39, 0.29) is 23.8 Å². The summed E-state index contributed by atoms with van der Waals surface area (Å²) in [5.41, 5.74) is 2.80. The molecule has 0 bridgehead atoms. The number of nitrogens with zero attached hydrogens (tertiary/aromatic N) is 2. The predicted molar refractivity (Wildman–Crippen MR) is 111 cm³/mol. The van der Waals surface area contributed by atoms with Crippen molar-refractivity contribution in [2.45, 2.75) is 58.5 Å². The number of rotatable bonds is 8. The van der Waals surface area contributed by atoms with Crippen molar-refractivity contribution in [1.29, 1.82) is 0 Å². The largest absolute Gasteiger partial charge is 0.352 e. The van der Waals surface area contributed by atoms with Crippen molar-refractivity contribution in [3.8, 4) is 0 Å². The number of nitrogens with one attached hydrogen (secondary N) is 1. The fraction of sp³-hybridized carbons (Fsp3) is 0.391. The normalized spacial score (nSPS) is 13.4. The van der Waals surface area contributed by atoms with E-state index in [0.717, 1.165) is 41.7 Å². The van der Waals surface area contributed by atoms with Gasteiger partial charge in [-0.3, -0.25) is 4.79 Å². The lowest BCUT2D eigenvalue weighted by Gasteiger charge is -2.23. The van der Waals surface area contributed by atoms with Gasteiger partial charge in [-0.1, -0.05) is 44.5 Å². The minimum Gasteiger partial charge on any atom is -0.352 e. The molecule has 0 saturated carbocycles. The van der Waals surface area contributed by atoms with Crippen molar-refractivity contribution in [1.82, 2.24) is 14.9 Å². The van der Waals surface area contributed by atoms with Crippen LogP contribution in [0.4, 0.5) is 4.39 Å². The standard InChI is InChI=1S/C23H28FN3O/c1-4-8-21(23(28)25-16(3)5-2)27-20-10-7-6-9-19(20)26-22(27)15-17-11-13-18(24)14-12-17/h6-7,9-14,16,21H,4-5,8,15H2,1-3H3,(H,25,28)/t16-,21-/m0/s1. The van der Waals surface area contributed by atoms with Gasteiger partial charge in [0, 0.05) is 12.5 Å². The Morgan fingerprint density at radius 2 is 1.86 bits per heavy atom. The Hall–Kier alpha value is -2.69. The third-order valence-corrected chi connectivity index (χ3v) is 5.12. The summed E-state index contributed by atoms with van der Waals surface area (Å²) in [5, 5.41) is 3.13. The van der Waals surface area contributed by atoms with Crippen LogP contribution in [0.5, 0.6) is 0 Å². The molecule has 1 amide bonds. The third kappa shape index (κ3) is 4.41. The zero-order chi connectivity index (χ0) is 20.1. The number of carbonyl (C=O) groups is 1. The molecular weight excluding hydrogens is 353 g/mol. The number of fused-ring (bicyclic) bond motifs is 1. The van der Waals surface area contributed by atoms with E-state index in [2.05, 4.69) is 23.7 Å². The second kappa shape index (κ2) is 9.00. The topological polar surface area (TPSA) is 46.9 Å². The van der Waals surface area contributed by atoms with Crippen molar-refractivity contribution in [2.75, 3.05) is 0 Å². The van der Waals surface area contributed by atoms with E-state index in [1.165, 1.54) is 12.1 Å². The average molecular weight is 381 g/mol. The summed E-state index contributed by atoms with van der Waals surface area (Å²) in [6, 6.07) is 14.2. The van der Waals surface area contributed by atoms with Crippen LogP contribution < -0.4 is 5.32 Å². The Morgan fingerprint density at radius 1 is 1.14 bits per heavy atom. The number of hydrogen-bond donors (Lipinski definition) is 1. The van der Waals surface area contributed by atoms with E-state index < -0.39 is 0 Å². The summed E-state index contributed by atoms with van der Waals surface area (Å²) in [6.07, 6.45) is 3.06. The molecule has 0 spiro atoms. The summed E-state index contributed by atoms with van der Waals surface area (Å²) >= 11 is 0. The van der Waals surface area contributed by atoms with Crippen molar-refractivity contribution >= 4 is 16.9 Å².